The molecule has 2 heterocycles. The van der Waals surface area contributed by atoms with E-state index in [1.54, 1.807) is 16.2 Å². The van der Waals surface area contributed by atoms with Crippen molar-refractivity contribution in [3.63, 3.8) is 0 Å². The summed E-state index contributed by atoms with van der Waals surface area (Å²) in [6, 6.07) is 3.98. The number of nitrogens with one attached hydrogen (secondary N) is 1. The van der Waals surface area contributed by atoms with Crippen LogP contribution >= 0.6 is 11.3 Å². The number of amides is 2. The largest absolute Gasteiger partial charge is 0.338 e. The summed E-state index contributed by atoms with van der Waals surface area (Å²) in [5, 5.41) is 4.99. The number of carbonyl (C=O) groups is 1. The van der Waals surface area contributed by atoms with Gasteiger partial charge in [-0.1, -0.05) is 19.9 Å². The van der Waals surface area contributed by atoms with Crippen molar-refractivity contribution in [2.24, 2.45) is 11.8 Å². The van der Waals surface area contributed by atoms with E-state index in [1.807, 2.05) is 13.0 Å². The summed E-state index contributed by atoms with van der Waals surface area (Å²) in [4.78, 5) is 15.2. The summed E-state index contributed by atoms with van der Waals surface area (Å²) in [6.45, 7) is 5.38. The molecule has 2 amide bonds. The Labute approximate surface area is 136 Å². The van der Waals surface area contributed by atoms with Crippen LogP contribution in [-0.2, 0) is 16.3 Å². The second-order valence-electron chi connectivity index (χ2n) is 6.24. The number of carbonyl (C=O) groups excluding carboxylic acids is 1. The highest BCUT2D eigenvalue weighted by molar-refractivity contribution is 7.91. The lowest BCUT2D eigenvalue weighted by Gasteiger charge is -2.23. The molecule has 2 atom stereocenters. The Hall–Kier alpha value is -1.08. The number of nitrogens with zero attached hydrogens (tertiary/aromatic N) is 1. The highest BCUT2D eigenvalue weighted by Crippen LogP contribution is 2.14. The van der Waals surface area contributed by atoms with E-state index in [2.05, 4.69) is 23.7 Å². The zero-order valence-corrected chi connectivity index (χ0v) is 14.8. The van der Waals surface area contributed by atoms with Gasteiger partial charge in [-0.25, -0.2) is 13.2 Å². The van der Waals surface area contributed by atoms with Gasteiger partial charge < -0.3 is 10.2 Å². The first-order valence-electron chi connectivity index (χ1n) is 7.61. The number of rotatable bonds is 4. The molecule has 0 aliphatic carbocycles. The van der Waals surface area contributed by atoms with Crippen molar-refractivity contribution in [1.29, 1.82) is 0 Å². The Kier molecular flexibility index (Phi) is 5.86. The number of hydrogen-bond acceptors (Lipinski definition) is 4. The van der Waals surface area contributed by atoms with E-state index in [4.69, 9.17) is 0 Å². The first kappa shape index (κ1) is 17.3. The molecule has 1 fully saturated rings. The monoisotopic (exact) mass is 344 g/mol. The van der Waals surface area contributed by atoms with Gasteiger partial charge in [0.1, 0.15) is 0 Å². The normalized spacial score (nSPS) is 22.8. The topological polar surface area (TPSA) is 66.5 Å². The van der Waals surface area contributed by atoms with Crippen molar-refractivity contribution < 1.29 is 13.2 Å². The maximum absolute atomic E-state index is 12.2. The smallest absolute Gasteiger partial charge is 0.317 e. The fraction of sp³-hybridized carbons (Fsp3) is 0.667. The van der Waals surface area contributed by atoms with Gasteiger partial charge in [0.15, 0.2) is 9.84 Å². The van der Waals surface area contributed by atoms with Crippen LogP contribution in [0, 0.1) is 11.8 Å². The number of sulfone groups is 1. The van der Waals surface area contributed by atoms with Crippen LogP contribution in [0.25, 0.3) is 0 Å². The highest BCUT2D eigenvalue weighted by Gasteiger charge is 2.26. The third kappa shape index (κ3) is 5.28. The number of hydrogen-bond donors (Lipinski definition) is 1. The van der Waals surface area contributed by atoms with E-state index < -0.39 is 9.84 Å². The van der Waals surface area contributed by atoms with Crippen molar-refractivity contribution in [3.8, 4) is 0 Å². The Morgan fingerprint density at radius 3 is 3.00 bits per heavy atom. The quantitative estimate of drug-likeness (QED) is 0.908. The lowest BCUT2D eigenvalue weighted by Crippen LogP contribution is -2.44. The van der Waals surface area contributed by atoms with Crippen LogP contribution in [0.5, 0.6) is 0 Å². The van der Waals surface area contributed by atoms with Crippen molar-refractivity contribution in [3.05, 3.63) is 22.4 Å². The van der Waals surface area contributed by atoms with Crippen LogP contribution in [0.15, 0.2) is 17.5 Å². The molecule has 5 nitrogen and oxygen atoms in total. The van der Waals surface area contributed by atoms with Crippen LogP contribution in [0.1, 0.15) is 18.7 Å². The molecule has 1 N–H and O–H groups in total. The first-order chi connectivity index (χ1) is 10.4. The zero-order valence-electron chi connectivity index (χ0n) is 13.1. The maximum Gasteiger partial charge on any atom is 0.317 e. The Balaban J connectivity index is 1.81. The predicted molar refractivity (Wildman–Crippen MR) is 90.0 cm³/mol. The zero-order chi connectivity index (χ0) is 16.2. The minimum absolute atomic E-state index is 0.0122. The molecular weight excluding hydrogens is 320 g/mol. The number of thiophene rings is 1. The molecular formula is C15H24N2O3S2. The van der Waals surface area contributed by atoms with E-state index in [1.165, 1.54) is 4.88 Å². The average Bonchev–Trinajstić information content (AvgIpc) is 2.87. The Morgan fingerprint density at radius 1 is 1.55 bits per heavy atom. The molecule has 0 saturated carbocycles. The summed E-state index contributed by atoms with van der Waals surface area (Å²) >= 11 is 1.73. The molecule has 2 rings (SSSR count). The van der Waals surface area contributed by atoms with Gasteiger partial charge in [-0.15, -0.1) is 11.3 Å². The van der Waals surface area contributed by atoms with Gasteiger partial charge in [-0.05, 0) is 29.7 Å². The summed E-state index contributed by atoms with van der Waals surface area (Å²) < 4.78 is 23.5. The highest BCUT2D eigenvalue weighted by atomic mass is 32.2. The van der Waals surface area contributed by atoms with Crippen molar-refractivity contribution in [1.82, 2.24) is 10.2 Å². The fourth-order valence-corrected chi connectivity index (χ4v) is 5.20. The van der Waals surface area contributed by atoms with E-state index >= 15 is 0 Å². The fourth-order valence-electron chi connectivity index (χ4n) is 2.69. The third-order valence-electron chi connectivity index (χ3n) is 3.76. The maximum atomic E-state index is 12.2. The summed E-state index contributed by atoms with van der Waals surface area (Å²) in [6.07, 6.45) is 0.947. The summed E-state index contributed by atoms with van der Waals surface area (Å²) in [5.41, 5.74) is 0. The Morgan fingerprint density at radius 2 is 2.32 bits per heavy atom. The van der Waals surface area contributed by atoms with E-state index in [9.17, 15) is 13.2 Å². The molecule has 1 aliphatic heterocycles. The van der Waals surface area contributed by atoms with Crippen molar-refractivity contribution in [2.45, 2.75) is 20.3 Å². The standard InChI is InChI=1S/C15H24N2O3S2/c1-12(8-14-4-3-6-21-14)9-16-15(18)17-5-7-22(19,20)11-13(2)10-17/h3-4,6,12-13H,5,7-11H2,1-2H3,(H,16,18)/t12-,13+/m1/s1. The molecule has 0 bridgehead atoms. The Bertz CT molecular complexity index is 584. The lowest BCUT2D eigenvalue weighted by atomic mass is 10.1. The second-order valence-corrected chi connectivity index (χ2v) is 9.50. The minimum atomic E-state index is -3.02. The molecule has 124 valence electrons. The van der Waals surface area contributed by atoms with Crippen LogP contribution < -0.4 is 5.32 Å². The van der Waals surface area contributed by atoms with Gasteiger partial charge in [-0.2, -0.15) is 0 Å². The lowest BCUT2D eigenvalue weighted by molar-refractivity contribution is 0.194. The molecule has 0 radical (unpaired) electrons. The van der Waals surface area contributed by atoms with Crippen molar-refractivity contribution >= 4 is 27.2 Å². The van der Waals surface area contributed by atoms with E-state index in [0.717, 1.165) is 6.42 Å². The van der Waals surface area contributed by atoms with Gasteiger partial charge in [0.25, 0.3) is 0 Å². The molecule has 1 aromatic heterocycles. The van der Waals surface area contributed by atoms with E-state index in [-0.39, 0.29) is 30.0 Å². The molecule has 22 heavy (non-hydrogen) atoms. The molecule has 7 heteroatoms. The third-order valence-corrected chi connectivity index (χ3v) is 6.54. The van der Waals surface area contributed by atoms with Crippen molar-refractivity contribution in [2.75, 3.05) is 31.1 Å². The molecule has 1 saturated heterocycles. The van der Waals surface area contributed by atoms with Crippen LogP contribution in [0.2, 0.25) is 0 Å². The molecule has 1 aromatic rings. The molecule has 1 aliphatic rings. The van der Waals surface area contributed by atoms with Gasteiger partial charge in [0.2, 0.25) is 0 Å². The SMILES string of the molecule is C[C@@H](CNC(=O)N1CCS(=O)(=O)C[C@@H](C)C1)Cc1cccs1. The first-order valence-corrected chi connectivity index (χ1v) is 10.3. The predicted octanol–water partition coefficient (Wildman–Crippen LogP) is 2.00. The average molecular weight is 345 g/mol. The molecule has 0 spiro atoms. The van der Waals surface area contributed by atoms with Gasteiger partial charge in [-0.3, -0.25) is 0 Å². The molecule has 0 aromatic carbocycles. The number of urea groups is 1. The van der Waals surface area contributed by atoms with Gasteiger partial charge in [0, 0.05) is 24.5 Å². The summed E-state index contributed by atoms with van der Waals surface area (Å²) in [5.74, 6) is 0.582. The van der Waals surface area contributed by atoms with Gasteiger partial charge in [0.05, 0.1) is 11.5 Å². The second kappa shape index (κ2) is 7.46. The minimum Gasteiger partial charge on any atom is -0.338 e. The van der Waals surface area contributed by atoms with Crippen LogP contribution in [-0.4, -0.2) is 50.5 Å². The van der Waals surface area contributed by atoms with Crippen LogP contribution in [0.4, 0.5) is 4.79 Å². The van der Waals surface area contributed by atoms with Crippen LogP contribution in [0.3, 0.4) is 0 Å². The summed E-state index contributed by atoms with van der Waals surface area (Å²) in [7, 11) is -3.02. The molecule has 0 unspecified atom stereocenters. The van der Waals surface area contributed by atoms with E-state index in [0.29, 0.717) is 19.0 Å². The van der Waals surface area contributed by atoms with Gasteiger partial charge >= 0.3 is 6.03 Å².